The fraction of sp³-hybridized carbons (Fsp3) is 0.333. The van der Waals surface area contributed by atoms with Gasteiger partial charge in [-0.1, -0.05) is 36.4 Å². The Balaban J connectivity index is 1.49. The predicted molar refractivity (Wildman–Crippen MR) is 104 cm³/mol. The van der Waals surface area contributed by atoms with Crippen LogP contribution in [0.15, 0.2) is 48.5 Å². The molecule has 0 radical (unpaired) electrons. The van der Waals surface area contributed by atoms with Crippen LogP contribution in [-0.2, 0) is 11.2 Å². The van der Waals surface area contributed by atoms with Crippen LogP contribution in [0.5, 0.6) is 0 Å². The van der Waals surface area contributed by atoms with Crippen molar-refractivity contribution in [3.63, 3.8) is 0 Å². The van der Waals surface area contributed by atoms with Crippen molar-refractivity contribution in [1.29, 1.82) is 0 Å². The van der Waals surface area contributed by atoms with Crippen molar-refractivity contribution >= 4 is 23.1 Å². The number of ketones is 1. The lowest BCUT2D eigenvalue weighted by Gasteiger charge is -2.36. The van der Waals surface area contributed by atoms with Crippen molar-refractivity contribution in [2.75, 3.05) is 36.8 Å². The van der Waals surface area contributed by atoms with Crippen molar-refractivity contribution in [2.45, 2.75) is 19.8 Å². The largest absolute Gasteiger partial charge is 0.397 e. The molecule has 2 aromatic carbocycles. The molecule has 1 heterocycles. The molecule has 5 heteroatoms. The van der Waals surface area contributed by atoms with Crippen LogP contribution in [0.4, 0.5) is 11.4 Å². The SMILES string of the molecule is CC(=O)c1ccc(CCC(=O)N2CCN(c3ccccc3N)CC2)cc1. The maximum Gasteiger partial charge on any atom is 0.223 e. The second kappa shape index (κ2) is 8.04. The molecule has 1 aliphatic rings. The van der Waals surface area contributed by atoms with E-state index in [1.165, 1.54) is 0 Å². The molecule has 0 aromatic heterocycles. The smallest absolute Gasteiger partial charge is 0.223 e. The molecule has 0 bridgehead atoms. The highest BCUT2D eigenvalue weighted by atomic mass is 16.2. The molecule has 1 aliphatic heterocycles. The normalized spacial score (nSPS) is 14.3. The number of carbonyl (C=O) groups is 2. The maximum absolute atomic E-state index is 12.5. The lowest BCUT2D eigenvalue weighted by molar-refractivity contribution is -0.131. The van der Waals surface area contributed by atoms with Crippen molar-refractivity contribution in [3.05, 3.63) is 59.7 Å². The van der Waals surface area contributed by atoms with Crippen LogP contribution >= 0.6 is 0 Å². The van der Waals surface area contributed by atoms with Crippen LogP contribution in [0.3, 0.4) is 0 Å². The van der Waals surface area contributed by atoms with Gasteiger partial charge in [0.05, 0.1) is 11.4 Å². The summed E-state index contributed by atoms with van der Waals surface area (Å²) in [6.45, 7) is 4.59. The summed E-state index contributed by atoms with van der Waals surface area (Å²) in [5.41, 5.74) is 9.66. The van der Waals surface area contributed by atoms with E-state index in [1.807, 2.05) is 53.4 Å². The number of amides is 1. The first-order valence-corrected chi connectivity index (χ1v) is 9.01. The summed E-state index contributed by atoms with van der Waals surface area (Å²) in [6, 6.07) is 15.4. The average Bonchev–Trinajstić information content (AvgIpc) is 2.67. The first-order valence-electron chi connectivity index (χ1n) is 9.01. The second-order valence-corrected chi connectivity index (χ2v) is 6.68. The third-order valence-electron chi connectivity index (χ3n) is 4.90. The van der Waals surface area contributed by atoms with Gasteiger partial charge in [-0.05, 0) is 31.0 Å². The van der Waals surface area contributed by atoms with Gasteiger partial charge in [-0.3, -0.25) is 9.59 Å². The average molecular weight is 351 g/mol. The van der Waals surface area contributed by atoms with Crippen LogP contribution in [0.2, 0.25) is 0 Å². The molecule has 0 saturated carbocycles. The van der Waals surface area contributed by atoms with E-state index in [9.17, 15) is 9.59 Å². The lowest BCUT2D eigenvalue weighted by atomic mass is 10.1. The van der Waals surface area contributed by atoms with Crippen molar-refractivity contribution < 1.29 is 9.59 Å². The van der Waals surface area contributed by atoms with Gasteiger partial charge in [-0.25, -0.2) is 0 Å². The van der Waals surface area contributed by atoms with Gasteiger partial charge in [0.15, 0.2) is 5.78 Å². The fourth-order valence-corrected chi connectivity index (χ4v) is 3.29. The number of anilines is 2. The Morgan fingerprint density at radius 3 is 2.23 bits per heavy atom. The molecular weight excluding hydrogens is 326 g/mol. The zero-order valence-corrected chi connectivity index (χ0v) is 15.1. The molecule has 1 amide bonds. The monoisotopic (exact) mass is 351 g/mol. The fourth-order valence-electron chi connectivity index (χ4n) is 3.29. The van der Waals surface area contributed by atoms with Crippen molar-refractivity contribution in [3.8, 4) is 0 Å². The number of carbonyl (C=O) groups excluding carboxylic acids is 2. The molecular formula is C21H25N3O2. The number of nitrogens with zero attached hydrogens (tertiary/aromatic N) is 2. The van der Waals surface area contributed by atoms with Crippen molar-refractivity contribution in [1.82, 2.24) is 4.90 Å². The first kappa shape index (κ1) is 18.0. The van der Waals surface area contributed by atoms with Gasteiger partial charge in [0.2, 0.25) is 5.91 Å². The Hall–Kier alpha value is -2.82. The number of para-hydroxylation sites is 2. The van der Waals surface area contributed by atoms with E-state index in [2.05, 4.69) is 4.90 Å². The van der Waals surface area contributed by atoms with Gasteiger partial charge in [0, 0.05) is 38.2 Å². The minimum absolute atomic E-state index is 0.0598. The van der Waals surface area contributed by atoms with Crippen LogP contribution in [-0.4, -0.2) is 42.8 Å². The summed E-state index contributed by atoms with van der Waals surface area (Å²) in [5, 5.41) is 0. The molecule has 1 saturated heterocycles. The number of hydrogen-bond acceptors (Lipinski definition) is 4. The number of benzene rings is 2. The molecule has 2 N–H and O–H groups in total. The summed E-state index contributed by atoms with van der Waals surface area (Å²) >= 11 is 0. The topological polar surface area (TPSA) is 66.6 Å². The Morgan fingerprint density at radius 1 is 0.962 bits per heavy atom. The molecule has 0 unspecified atom stereocenters. The number of aryl methyl sites for hydroxylation is 1. The van der Waals surface area contributed by atoms with E-state index in [0.717, 1.165) is 43.1 Å². The number of rotatable bonds is 5. The van der Waals surface area contributed by atoms with E-state index < -0.39 is 0 Å². The maximum atomic E-state index is 12.5. The highest BCUT2D eigenvalue weighted by Gasteiger charge is 2.21. The molecule has 0 atom stereocenters. The summed E-state index contributed by atoms with van der Waals surface area (Å²) in [5.74, 6) is 0.242. The minimum atomic E-state index is 0.0598. The summed E-state index contributed by atoms with van der Waals surface area (Å²) in [4.78, 5) is 28.0. The Morgan fingerprint density at radius 2 is 1.62 bits per heavy atom. The van der Waals surface area contributed by atoms with E-state index in [-0.39, 0.29) is 11.7 Å². The number of hydrogen-bond donors (Lipinski definition) is 1. The standard InChI is InChI=1S/C21H25N3O2/c1-16(25)18-9-6-17(7-10-18)8-11-21(26)24-14-12-23(13-15-24)20-5-3-2-4-19(20)22/h2-7,9-10H,8,11-15,22H2,1H3. The third kappa shape index (κ3) is 4.23. The van der Waals surface area contributed by atoms with Gasteiger partial charge in [0.1, 0.15) is 0 Å². The molecule has 5 nitrogen and oxygen atoms in total. The van der Waals surface area contributed by atoms with E-state index >= 15 is 0 Å². The van der Waals surface area contributed by atoms with Gasteiger partial charge < -0.3 is 15.5 Å². The molecule has 136 valence electrons. The number of nitrogen functional groups attached to an aromatic ring is 1. The van der Waals surface area contributed by atoms with E-state index in [0.29, 0.717) is 18.4 Å². The second-order valence-electron chi connectivity index (χ2n) is 6.68. The number of Topliss-reactive ketones (excluding diaryl/α,β-unsaturated/α-hetero) is 1. The number of piperazine rings is 1. The van der Waals surface area contributed by atoms with Crippen LogP contribution in [0.1, 0.15) is 29.3 Å². The Kier molecular flexibility index (Phi) is 5.56. The molecule has 0 spiro atoms. The van der Waals surface area contributed by atoms with Gasteiger partial charge >= 0.3 is 0 Å². The quantitative estimate of drug-likeness (QED) is 0.664. The Bertz CT molecular complexity index is 778. The van der Waals surface area contributed by atoms with Crippen LogP contribution in [0.25, 0.3) is 0 Å². The van der Waals surface area contributed by atoms with Gasteiger partial charge in [0.25, 0.3) is 0 Å². The molecule has 26 heavy (non-hydrogen) atoms. The van der Waals surface area contributed by atoms with Crippen molar-refractivity contribution in [2.24, 2.45) is 0 Å². The molecule has 1 fully saturated rings. The first-order chi connectivity index (χ1) is 12.5. The predicted octanol–water partition coefficient (Wildman–Crippen LogP) is 2.75. The summed E-state index contributed by atoms with van der Waals surface area (Å²) in [7, 11) is 0. The minimum Gasteiger partial charge on any atom is -0.397 e. The molecule has 3 rings (SSSR count). The number of nitrogens with two attached hydrogens (primary N) is 1. The van der Waals surface area contributed by atoms with Crippen LogP contribution in [0, 0.1) is 0 Å². The van der Waals surface area contributed by atoms with Gasteiger partial charge in [-0.2, -0.15) is 0 Å². The van der Waals surface area contributed by atoms with Crippen LogP contribution < -0.4 is 10.6 Å². The highest BCUT2D eigenvalue weighted by molar-refractivity contribution is 5.94. The molecule has 0 aliphatic carbocycles. The highest BCUT2D eigenvalue weighted by Crippen LogP contribution is 2.23. The van der Waals surface area contributed by atoms with Gasteiger partial charge in [-0.15, -0.1) is 0 Å². The zero-order valence-electron chi connectivity index (χ0n) is 15.1. The Labute approximate surface area is 154 Å². The summed E-state index contributed by atoms with van der Waals surface area (Å²) in [6.07, 6.45) is 1.19. The van der Waals surface area contributed by atoms with E-state index in [1.54, 1.807) is 6.92 Å². The summed E-state index contributed by atoms with van der Waals surface area (Å²) < 4.78 is 0. The molecule has 2 aromatic rings. The zero-order chi connectivity index (χ0) is 18.5. The third-order valence-corrected chi connectivity index (χ3v) is 4.90. The van der Waals surface area contributed by atoms with E-state index in [4.69, 9.17) is 5.73 Å². The lowest BCUT2D eigenvalue weighted by Crippen LogP contribution is -2.49.